The monoisotopic (exact) mass is 612 g/mol. The largest absolute Gasteiger partial charge is 0.444 e. The summed E-state index contributed by atoms with van der Waals surface area (Å²) in [7, 11) is 2.18. The second-order valence-corrected chi connectivity index (χ2v) is 12.4. The number of hydrogen-bond donors (Lipinski definition) is 3. The van der Waals surface area contributed by atoms with Crippen LogP contribution in [0.5, 0.6) is 0 Å². The van der Waals surface area contributed by atoms with E-state index in [2.05, 4.69) is 37.6 Å². The number of rotatable bonds is 17. The van der Waals surface area contributed by atoms with Gasteiger partial charge in [0.05, 0.1) is 11.7 Å². The van der Waals surface area contributed by atoms with E-state index in [9.17, 15) is 13.6 Å². The molecule has 12 heteroatoms. The van der Waals surface area contributed by atoms with Gasteiger partial charge in [0.1, 0.15) is 12.1 Å². The van der Waals surface area contributed by atoms with E-state index >= 15 is 0 Å². The zero-order valence-electron chi connectivity index (χ0n) is 25.7. The number of pyridine rings is 1. The van der Waals surface area contributed by atoms with Gasteiger partial charge < -0.3 is 25.7 Å². The number of halogens is 2. The number of alkyl halides is 2. The van der Waals surface area contributed by atoms with Crippen LogP contribution in [0.4, 0.5) is 20.3 Å². The van der Waals surface area contributed by atoms with Gasteiger partial charge in [-0.2, -0.15) is 5.10 Å². The summed E-state index contributed by atoms with van der Waals surface area (Å²) < 4.78 is 35.1. The lowest BCUT2D eigenvalue weighted by Gasteiger charge is -2.31. The van der Waals surface area contributed by atoms with E-state index in [-0.39, 0.29) is 23.3 Å². The number of amides is 1. The zero-order chi connectivity index (χ0) is 30.9. The van der Waals surface area contributed by atoms with Crippen LogP contribution >= 0.6 is 0 Å². The van der Waals surface area contributed by atoms with E-state index in [0.717, 1.165) is 58.3 Å². The summed E-state index contributed by atoms with van der Waals surface area (Å²) in [6, 6.07) is 3.58. The molecule has 0 aromatic carbocycles. The highest BCUT2D eigenvalue weighted by Gasteiger charge is 2.28. The van der Waals surface area contributed by atoms with E-state index in [4.69, 9.17) is 10.2 Å². The van der Waals surface area contributed by atoms with E-state index < -0.39 is 18.0 Å². The van der Waals surface area contributed by atoms with Gasteiger partial charge in [-0.3, -0.25) is 9.48 Å². The molecular weight excluding hydrogens is 566 g/mol. The lowest BCUT2D eigenvalue weighted by atomic mass is 9.86. The molecular formula is C32H46F2N8O2. The molecule has 0 atom stereocenters. The van der Waals surface area contributed by atoms with Gasteiger partial charge >= 0.3 is 0 Å². The van der Waals surface area contributed by atoms with Crippen LogP contribution in [-0.2, 0) is 0 Å². The Hall–Kier alpha value is -3.38. The molecule has 3 heterocycles. The summed E-state index contributed by atoms with van der Waals surface area (Å²) in [5.41, 5.74) is 5.79. The van der Waals surface area contributed by atoms with Crippen molar-refractivity contribution in [1.29, 1.82) is 0 Å². The van der Waals surface area contributed by atoms with Gasteiger partial charge in [-0.15, -0.1) is 0 Å². The molecule has 4 N–H and O–H groups in total. The Labute approximate surface area is 258 Å². The van der Waals surface area contributed by atoms with E-state index in [1.165, 1.54) is 51.0 Å². The number of oxazole rings is 1. The topological polar surface area (TPSA) is 127 Å². The van der Waals surface area contributed by atoms with Crippen LogP contribution in [0.3, 0.4) is 0 Å². The van der Waals surface area contributed by atoms with Crippen molar-refractivity contribution < 1.29 is 18.0 Å². The third-order valence-electron chi connectivity index (χ3n) is 8.73. The molecule has 0 saturated heterocycles. The predicted molar refractivity (Wildman–Crippen MR) is 167 cm³/mol. The maximum Gasteiger partial charge on any atom is 0.284 e. The van der Waals surface area contributed by atoms with E-state index in [1.54, 1.807) is 16.9 Å². The number of nitrogens with one attached hydrogen (secondary N) is 2. The van der Waals surface area contributed by atoms with Gasteiger partial charge in [0.25, 0.3) is 12.3 Å². The summed E-state index contributed by atoms with van der Waals surface area (Å²) >= 11 is 0. The average Bonchev–Trinajstić information content (AvgIpc) is 3.54. The van der Waals surface area contributed by atoms with Crippen molar-refractivity contribution in [2.45, 2.75) is 83.1 Å². The first-order valence-corrected chi connectivity index (χ1v) is 16.1. The number of hydrogen-bond acceptors (Lipinski definition) is 8. The number of aromatic nitrogens is 4. The standard InChI is InChI=1S/C32H46F2N8O2/c1-41(16-6-4-2-3-5-14-35)19-23-9-11-25(12-10-23)42-20-26(29(40-42)30(33)34)38-31(43)27-21-44-32(39-27)24-13-15-36-28(17-24)37-18-22-7-8-22/h13,15,17,20-23,25,30H,2-12,14,16,18-19,35H2,1H3,(H,36,37)(H,38,43)/t23-,25-. The fourth-order valence-electron chi connectivity index (χ4n) is 5.96. The molecule has 3 aromatic heterocycles. The van der Waals surface area contributed by atoms with Crippen LogP contribution in [-0.4, -0.2) is 63.8 Å². The van der Waals surface area contributed by atoms with Crippen molar-refractivity contribution in [3.8, 4) is 11.5 Å². The highest BCUT2D eigenvalue weighted by molar-refractivity contribution is 6.03. The highest BCUT2D eigenvalue weighted by atomic mass is 19.3. The van der Waals surface area contributed by atoms with Gasteiger partial charge in [0.2, 0.25) is 5.89 Å². The van der Waals surface area contributed by atoms with Crippen LogP contribution in [0.15, 0.2) is 35.2 Å². The van der Waals surface area contributed by atoms with Crippen molar-refractivity contribution in [3.05, 3.63) is 42.2 Å². The van der Waals surface area contributed by atoms with Gasteiger partial charge in [-0.25, -0.2) is 18.7 Å². The number of nitrogens with zero attached hydrogens (tertiary/aromatic N) is 5. The second-order valence-electron chi connectivity index (χ2n) is 12.4. The van der Waals surface area contributed by atoms with Crippen LogP contribution in [0, 0.1) is 11.8 Å². The zero-order valence-corrected chi connectivity index (χ0v) is 25.7. The molecule has 240 valence electrons. The maximum absolute atomic E-state index is 14.0. The quantitative estimate of drug-likeness (QED) is 0.147. The number of unbranched alkanes of at least 4 members (excludes halogenated alkanes) is 4. The summed E-state index contributed by atoms with van der Waals surface area (Å²) in [5, 5.41) is 10.1. The summed E-state index contributed by atoms with van der Waals surface area (Å²) in [6.07, 6.45) is 13.8. The van der Waals surface area contributed by atoms with Gasteiger partial charge in [-0.05, 0) is 95.5 Å². The lowest BCUT2D eigenvalue weighted by molar-refractivity contribution is 0.102. The van der Waals surface area contributed by atoms with Crippen molar-refractivity contribution >= 4 is 17.4 Å². The minimum atomic E-state index is -2.82. The Bertz CT molecular complexity index is 1330. The molecule has 0 bridgehead atoms. The summed E-state index contributed by atoms with van der Waals surface area (Å²) in [4.78, 5) is 24.1. The molecule has 1 amide bonds. The van der Waals surface area contributed by atoms with Crippen LogP contribution in [0.2, 0.25) is 0 Å². The molecule has 0 radical (unpaired) electrons. The summed E-state index contributed by atoms with van der Waals surface area (Å²) in [6.45, 7) is 3.79. The normalized spacial score (nSPS) is 18.7. The second kappa shape index (κ2) is 15.6. The first kappa shape index (κ1) is 32.0. The van der Waals surface area contributed by atoms with Crippen molar-refractivity contribution in [2.75, 3.05) is 43.9 Å². The third kappa shape index (κ3) is 9.07. The van der Waals surface area contributed by atoms with Crippen LogP contribution < -0.4 is 16.4 Å². The number of carbonyl (C=O) groups excluding carboxylic acids is 1. The number of anilines is 2. The van der Waals surface area contributed by atoms with E-state index in [0.29, 0.717) is 23.2 Å². The Morgan fingerprint density at radius 2 is 1.86 bits per heavy atom. The van der Waals surface area contributed by atoms with Gasteiger partial charge in [-0.1, -0.05) is 19.3 Å². The number of nitrogens with two attached hydrogens (primary N) is 1. The molecule has 5 rings (SSSR count). The first-order valence-electron chi connectivity index (χ1n) is 16.1. The van der Waals surface area contributed by atoms with E-state index in [1.807, 2.05) is 6.07 Å². The molecule has 2 aliphatic carbocycles. The van der Waals surface area contributed by atoms with Crippen molar-refractivity contribution in [2.24, 2.45) is 17.6 Å². The lowest BCUT2D eigenvalue weighted by Crippen LogP contribution is -2.30. The SMILES string of the molecule is CN(CCCCCCCN)C[C@H]1CC[C@H](n2cc(NC(=O)c3coc(-c4ccnc(NCC5CC5)c4)n3)c(C(F)F)n2)CC1. The Morgan fingerprint density at radius 1 is 1.11 bits per heavy atom. The van der Waals surface area contributed by atoms with Crippen molar-refractivity contribution in [3.63, 3.8) is 0 Å². The average molecular weight is 613 g/mol. The minimum absolute atomic E-state index is 0.00153. The van der Waals surface area contributed by atoms with Crippen LogP contribution in [0.1, 0.15) is 99.3 Å². The minimum Gasteiger partial charge on any atom is -0.444 e. The Morgan fingerprint density at radius 3 is 2.61 bits per heavy atom. The summed E-state index contributed by atoms with van der Waals surface area (Å²) in [5.74, 6) is 1.61. The smallest absolute Gasteiger partial charge is 0.284 e. The molecule has 0 unspecified atom stereocenters. The maximum atomic E-state index is 14.0. The molecule has 3 aromatic rings. The van der Waals surface area contributed by atoms with Crippen LogP contribution in [0.25, 0.3) is 11.5 Å². The number of carbonyl (C=O) groups is 1. The predicted octanol–water partition coefficient (Wildman–Crippen LogP) is 6.52. The fraction of sp³-hybridized carbons (Fsp3) is 0.625. The third-order valence-corrected chi connectivity index (χ3v) is 8.73. The molecule has 0 aliphatic heterocycles. The molecule has 44 heavy (non-hydrogen) atoms. The molecule has 10 nitrogen and oxygen atoms in total. The molecule has 2 fully saturated rings. The van der Waals surface area contributed by atoms with Gasteiger partial charge in [0, 0.05) is 31.0 Å². The molecule has 0 spiro atoms. The Kier molecular flexibility index (Phi) is 11.3. The first-order chi connectivity index (χ1) is 21.4. The highest BCUT2D eigenvalue weighted by Crippen LogP contribution is 2.35. The molecule has 2 aliphatic rings. The van der Waals surface area contributed by atoms with Gasteiger partial charge in [0.15, 0.2) is 11.4 Å². The Balaban J connectivity index is 1.13. The van der Waals surface area contributed by atoms with Crippen molar-refractivity contribution in [1.82, 2.24) is 24.6 Å². The fourth-order valence-corrected chi connectivity index (χ4v) is 5.96. The molecule has 2 saturated carbocycles.